The fourth-order valence-corrected chi connectivity index (χ4v) is 6.32. The Balaban J connectivity index is 1.74. The summed E-state index contributed by atoms with van der Waals surface area (Å²) < 4.78 is 26.7. The molecule has 1 fully saturated rings. The number of halogens is 1. The third-order valence-electron chi connectivity index (χ3n) is 7.53. The number of non-ortho nitro benzene ring substituents is 1. The number of rotatable bonds is 12. The molecule has 0 radical (unpaired) electrons. The molecule has 3 aromatic carbocycles. The quantitative estimate of drug-likeness (QED) is 0.220. The smallest absolute Gasteiger partial charge is 0.271 e. The van der Waals surface area contributed by atoms with E-state index in [-0.39, 0.29) is 36.3 Å². The number of carbonyl (C=O) groups excluding carboxylic acids is 2. The summed E-state index contributed by atoms with van der Waals surface area (Å²) >= 11 is 6.49. The van der Waals surface area contributed by atoms with Gasteiger partial charge in [0.15, 0.2) is 0 Å². The van der Waals surface area contributed by atoms with Gasteiger partial charge in [-0.3, -0.25) is 24.0 Å². The largest absolute Gasteiger partial charge is 0.352 e. The van der Waals surface area contributed by atoms with Crippen LogP contribution >= 0.6 is 11.6 Å². The van der Waals surface area contributed by atoms with Gasteiger partial charge in [-0.1, -0.05) is 85.5 Å². The van der Waals surface area contributed by atoms with E-state index in [9.17, 15) is 28.1 Å². The van der Waals surface area contributed by atoms with Crippen molar-refractivity contribution in [2.75, 3.05) is 17.1 Å². The highest BCUT2D eigenvalue weighted by molar-refractivity contribution is 7.92. The molecule has 0 heterocycles. The van der Waals surface area contributed by atoms with Crippen molar-refractivity contribution < 1.29 is 22.9 Å². The van der Waals surface area contributed by atoms with Crippen LogP contribution in [0.2, 0.25) is 5.02 Å². The molecule has 43 heavy (non-hydrogen) atoms. The lowest BCUT2D eigenvalue weighted by atomic mass is 9.94. The van der Waals surface area contributed by atoms with Crippen LogP contribution in [-0.2, 0) is 32.6 Å². The summed E-state index contributed by atoms with van der Waals surface area (Å²) in [6.45, 7) is -0.729. The van der Waals surface area contributed by atoms with Crippen LogP contribution in [0.5, 0.6) is 0 Å². The second-order valence-corrected chi connectivity index (χ2v) is 13.0. The molecule has 0 spiro atoms. The topological polar surface area (TPSA) is 130 Å². The minimum atomic E-state index is -4.06. The zero-order valence-electron chi connectivity index (χ0n) is 23.9. The minimum Gasteiger partial charge on any atom is -0.352 e. The number of carbonyl (C=O) groups is 2. The lowest BCUT2D eigenvalue weighted by Crippen LogP contribution is -2.55. The molecular weight excluding hydrogens is 592 g/mol. The van der Waals surface area contributed by atoms with Crippen molar-refractivity contribution >= 4 is 44.8 Å². The van der Waals surface area contributed by atoms with E-state index in [2.05, 4.69) is 5.32 Å². The number of hydrogen-bond donors (Lipinski definition) is 1. The van der Waals surface area contributed by atoms with Gasteiger partial charge in [0.1, 0.15) is 12.6 Å². The molecule has 1 saturated carbocycles. The first kappa shape index (κ1) is 32.0. The van der Waals surface area contributed by atoms with E-state index >= 15 is 0 Å². The molecule has 0 bridgehead atoms. The van der Waals surface area contributed by atoms with Crippen molar-refractivity contribution in [2.24, 2.45) is 0 Å². The summed E-state index contributed by atoms with van der Waals surface area (Å²) in [5, 5.41) is 14.9. The van der Waals surface area contributed by atoms with E-state index in [1.807, 2.05) is 30.3 Å². The zero-order chi connectivity index (χ0) is 31.0. The summed E-state index contributed by atoms with van der Waals surface area (Å²) in [6, 6.07) is 20.3. The summed E-state index contributed by atoms with van der Waals surface area (Å²) in [5.74, 6) is -0.992. The van der Waals surface area contributed by atoms with Gasteiger partial charge in [0.25, 0.3) is 5.69 Å². The number of nitrogens with one attached hydrogen (secondary N) is 1. The minimum absolute atomic E-state index is 0.0193. The predicted octanol–water partition coefficient (Wildman–Crippen LogP) is 5.10. The normalized spacial score (nSPS) is 14.5. The van der Waals surface area contributed by atoms with Gasteiger partial charge in [0.2, 0.25) is 21.8 Å². The van der Waals surface area contributed by atoms with Crippen LogP contribution in [0.25, 0.3) is 0 Å². The molecule has 228 valence electrons. The van der Waals surface area contributed by atoms with Gasteiger partial charge in [-0.2, -0.15) is 0 Å². The molecule has 0 aromatic heterocycles. The Morgan fingerprint density at radius 3 is 2.33 bits per heavy atom. The fraction of sp³-hybridized carbons (Fsp3) is 0.355. The van der Waals surface area contributed by atoms with E-state index in [0.717, 1.165) is 54.3 Å². The van der Waals surface area contributed by atoms with Gasteiger partial charge in [-0.05, 0) is 36.1 Å². The molecule has 1 aliphatic carbocycles. The first-order valence-corrected chi connectivity index (χ1v) is 16.3. The molecule has 3 aromatic rings. The average Bonchev–Trinajstić information content (AvgIpc) is 2.99. The average molecular weight is 627 g/mol. The SMILES string of the molecule is CS(=O)(=O)N(CC(=O)N(Cc1ccccc1Cl)C(Cc1ccccc1)C(=O)NC1CCCCC1)c1cccc([N+](=O)[O-])c1. The van der Waals surface area contributed by atoms with Crippen molar-refractivity contribution in [1.82, 2.24) is 10.2 Å². The number of benzene rings is 3. The number of hydrogen-bond acceptors (Lipinski definition) is 6. The van der Waals surface area contributed by atoms with Gasteiger partial charge in [-0.15, -0.1) is 0 Å². The Bertz CT molecular complexity index is 1550. The van der Waals surface area contributed by atoms with Crippen molar-refractivity contribution in [2.45, 2.75) is 57.2 Å². The number of amides is 2. The van der Waals surface area contributed by atoms with Crippen LogP contribution in [-0.4, -0.2) is 54.9 Å². The third-order valence-corrected chi connectivity index (χ3v) is 9.04. The second-order valence-electron chi connectivity index (χ2n) is 10.7. The summed E-state index contributed by atoms with van der Waals surface area (Å²) in [6.07, 6.45) is 5.91. The summed E-state index contributed by atoms with van der Waals surface area (Å²) in [5.41, 5.74) is 1.05. The summed E-state index contributed by atoms with van der Waals surface area (Å²) in [4.78, 5) is 40.3. The highest BCUT2D eigenvalue weighted by Gasteiger charge is 2.34. The van der Waals surface area contributed by atoms with Gasteiger partial charge >= 0.3 is 0 Å². The molecule has 2 amide bonds. The summed E-state index contributed by atoms with van der Waals surface area (Å²) in [7, 11) is -4.06. The lowest BCUT2D eigenvalue weighted by molar-refractivity contribution is -0.384. The van der Waals surface area contributed by atoms with Gasteiger partial charge in [0, 0.05) is 36.2 Å². The van der Waals surface area contributed by atoms with E-state index < -0.39 is 33.4 Å². The van der Waals surface area contributed by atoms with E-state index in [1.54, 1.807) is 24.3 Å². The van der Waals surface area contributed by atoms with Crippen molar-refractivity contribution in [3.63, 3.8) is 0 Å². The molecule has 0 saturated heterocycles. The van der Waals surface area contributed by atoms with Crippen LogP contribution < -0.4 is 9.62 Å². The van der Waals surface area contributed by atoms with E-state index in [0.29, 0.717) is 10.6 Å². The van der Waals surface area contributed by atoms with Crippen molar-refractivity contribution in [1.29, 1.82) is 0 Å². The molecule has 10 nitrogen and oxygen atoms in total. The van der Waals surface area contributed by atoms with Gasteiger partial charge < -0.3 is 10.2 Å². The first-order valence-electron chi connectivity index (χ1n) is 14.1. The number of nitro benzene ring substituents is 1. The molecule has 4 rings (SSSR count). The van der Waals surface area contributed by atoms with Crippen molar-refractivity contribution in [3.05, 3.63) is 105 Å². The molecule has 1 atom stereocenters. The van der Waals surface area contributed by atoms with Crippen LogP contribution in [0, 0.1) is 10.1 Å². The molecule has 1 aliphatic rings. The molecule has 1 N–H and O–H groups in total. The highest BCUT2D eigenvalue weighted by Crippen LogP contribution is 2.26. The molecule has 12 heteroatoms. The maximum absolute atomic E-state index is 14.2. The van der Waals surface area contributed by atoms with Crippen LogP contribution in [0.1, 0.15) is 43.2 Å². The zero-order valence-corrected chi connectivity index (χ0v) is 25.5. The number of nitrogens with zero attached hydrogens (tertiary/aromatic N) is 3. The Morgan fingerprint density at radius 1 is 1.00 bits per heavy atom. The standard InChI is InChI=1S/C31H35ClN4O6S/c1-43(41,42)35(26-16-10-17-27(20-26)36(39)40)22-30(37)34(21-24-13-8-9-18-28(24)32)29(19-23-11-4-2-5-12-23)31(38)33-25-14-6-3-7-15-25/h2,4-5,8-13,16-18,20,25,29H,3,6-7,14-15,19,21-22H2,1H3,(H,33,38). The first-order chi connectivity index (χ1) is 20.5. The number of anilines is 1. The van der Waals surface area contributed by atoms with Gasteiger partial charge in [0.05, 0.1) is 16.9 Å². The maximum Gasteiger partial charge on any atom is 0.271 e. The number of nitro groups is 1. The van der Waals surface area contributed by atoms with E-state index in [4.69, 9.17) is 11.6 Å². The predicted molar refractivity (Wildman–Crippen MR) is 166 cm³/mol. The second kappa shape index (κ2) is 14.5. The molecular formula is C31H35ClN4O6S. The number of sulfonamides is 1. The monoisotopic (exact) mass is 626 g/mol. The van der Waals surface area contributed by atoms with E-state index in [1.165, 1.54) is 23.1 Å². The van der Waals surface area contributed by atoms with Crippen LogP contribution in [0.15, 0.2) is 78.9 Å². The maximum atomic E-state index is 14.2. The Morgan fingerprint density at radius 2 is 1.67 bits per heavy atom. The lowest BCUT2D eigenvalue weighted by Gasteiger charge is -2.35. The van der Waals surface area contributed by atoms with Crippen LogP contribution in [0.4, 0.5) is 11.4 Å². The Hall–Kier alpha value is -3.96. The molecule has 0 aliphatic heterocycles. The Labute approximate surface area is 256 Å². The third kappa shape index (κ3) is 8.77. The van der Waals surface area contributed by atoms with Gasteiger partial charge in [-0.25, -0.2) is 8.42 Å². The van der Waals surface area contributed by atoms with Crippen molar-refractivity contribution in [3.8, 4) is 0 Å². The highest BCUT2D eigenvalue weighted by atomic mass is 35.5. The Kier molecular flexibility index (Phi) is 10.8. The fourth-order valence-electron chi connectivity index (χ4n) is 5.28. The van der Waals surface area contributed by atoms with Crippen LogP contribution in [0.3, 0.4) is 0 Å². The molecule has 1 unspecified atom stereocenters.